The third kappa shape index (κ3) is 6.44. The van der Waals surface area contributed by atoms with E-state index < -0.39 is 0 Å². The Balaban J connectivity index is 1.20. The molecule has 0 amide bonds. The highest BCUT2D eigenvalue weighted by Gasteiger charge is 2.25. The van der Waals surface area contributed by atoms with Gasteiger partial charge in [0, 0.05) is 17.5 Å². The molecular formula is C33H34ClNO. The first-order valence-electron chi connectivity index (χ1n) is 13.0. The Morgan fingerprint density at radius 1 is 0.639 bits per heavy atom. The maximum Gasteiger partial charge on any atom is 0.108 e. The highest BCUT2D eigenvalue weighted by Crippen LogP contribution is 2.31. The maximum absolute atomic E-state index is 6.59. The molecule has 1 heterocycles. The molecule has 2 nitrogen and oxygen atoms in total. The van der Waals surface area contributed by atoms with E-state index in [0.717, 1.165) is 36.8 Å². The number of likely N-dealkylation sites (tertiary alicyclic amines) is 1. The van der Waals surface area contributed by atoms with Gasteiger partial charge in [-0.15, -0.1) is 0 Å². The number of hydrogen-bond acceptors (Lipinski definition) is 2. The summed E-state index contributed by atoms with van der Waals surface area (Å²) < 4.78 is 6.59. The molecule has 4 aromatic carbocycles. The minimum Gasteiger partial charge on any atom is -0.368 e. The zero-order chi connectivity index (χ0) is 24.6. The smallest absolute Gasteiger partial charge is 0.108 e. The fourth-order valence-corrected chi connectivity index (χ4v) is 5.38. The van der Waals surface area contributed by atoms with Crippen molar-refractivity contribution in [3.8, 4) is 0 Å². The molecule has 1 atom stereocenters. The van der Waals surface area contributed by atoms with E-state index in [4.69, 9.17) is 16.3 Å². The van der Waals surface area contributed by atoms with E-state index >= 15 is 0 Å². The first-order valence-corrected chi connectivity index (χ1v) is 13.4. The fraction of sp³-hybridized carbons (Fsp3) is 0.273. The summed E-state index contributed by atoms with van der Waals surface area (Å²) in [4.78, 5) is 2.63. The number of benzene rings is 4. The monoisotopic (exact) mass is 495 g/mol. The molecule has 0 aromatic heterocycles. The number of rotatable bonds is 9. The van der Waals surface area contributed by atoms with Crippen molar-refractivity contribution < 1.29 is 4.74 Å². The molecule has 0 radical (unpaired) electrons. The van der Waals surface area contributed by atoms with E-state index in [1.165, 1.54) is 29.5 Å². The summed E-state index contributed by atoms with van der Waals surface area (Å²) >= 11 is 6.14. The van der Waals surface area contributed by atoms with E-state index in [1.807, 2.05) is 12.1 Å². The summed E-state index contributed by atoms with van der Waals surface area (Å²) in [5, 5.41) is 0.752. The van der Waals surface area contributed by atoms with Crippen molar-refractivity contribution in [1.29, 1.82) is 0 Å². The number of piperidine rings is 1. The maximum atomic E-state index is 6.59. The average Bonchev–Trinajstić information content (AvgIpc) is 2.95. The molecule has 184 valence electrons. The van der Waals surface area contributed by atoms with Crippen molar-refractivity contribution >= 4 is 11.6 Å². The van der Waals surface area contributed by atoms with Crippen LogP contribution in [0.2, 0.25) is 5.02 Å². The predicted molar refractivity (Wildman–Crippen MR) is 150 cm³/mol. The highest BCUT2D eigenvalue weighted by molar-refractivity contribution is 6.30. The highest BCUT2D eigenvalue weighted by atomic mass is 35.5. The number of hydrogen-bond donors (Lipinski definition) is 0. The van der Waals surface area contributed by atoms with E-state index in [1.54, 1.807) is 0 Å². The first kappa shape index (κ1) is 24.8. The molecule has 0 bridgehead atoms. The van der Waals surface area contributed by atoms with Gasteiger partial charge in [0.05, 0.1) is 6.61 Å². The van der Waals surface area contributed by atoms with E-state index in [0.29, 0.717) is 11.8 Å². The van der Waals surface area contributed by atoms with Crippen LogP contribution in [0.25, 0.3) is 0 Å². The third-order valence-electron chi connectivity index (χ3n) is 7.33. The zero-order valence-electron chi connectivity index (χ0n) is 20.7. The summed E-state index contributed by atoms with van der Waals surface area (Å²) in [6.07, 6.45) is 2.26. The van der Waals surface area contributed by atoms with Crippen LogP contribution in [0.5, 0.6) is 0 Å². The Morgan fingerprint density at radius 2 is 1.11 bits per heavy atom. The van der Waals surface area contributed by atoms with Crippen LogP contribution >= 0.6 is 11.6 Å². The molecule has 0 N–H and O–H groups in total. The van der Waals surface area contributed by atoms with Gasteiger partial charge in [0.15, 0.2) is 0 Å². The lowest BCUT2D eigenvalue weighted by Gasteiger charge is -2.35. The summed E-state index contributed by atoms with van der Waals surface area (Å²) in [6, 6.07) is 40.4. The Hall–Kier alpha value is -2.91. The van der Waals surface area contributed by atoms with Gasteiger partial charge in [-0.05, 0) is 66.2 Å². The lowest BCUT2D eigenvalue weighted by Crippen LogP contribution is -2.38. The van der Waals surface area contributed by atoms with E-state index in [-0.39, 0.29) is 6.10 Å². The van der Waals surface area contributed by atoms with Crippen LogP contribution in [-0.4, -0.2) is 31.1 Å². The Labute approximate surface area is 220 Å². The summed E-state index contributed by atoms with van der Waals surface area (Å²) in [7, 11) is 0. The largest absolute Gasteiger partial charge is 0.368 e. The average molecular weight is 496 g/mol. The normalized spacial score (nSPS) is 15.7. The molecule has 1 unspecified atom stereocenters. The van der Waals surface area contributed by atoms with Crippen LogP contribution < -0.4 is 0 Å². The molecule has 0 saturated carbocycles. The number of halogens is 1. The first-order chi connectivity index (χ1) is 17.8. The van der Waals surface area contributed by atoms with E-state index in [9.17, 15) is 0 Å². The van der Waals surface area contributed by atoms with Gasteiger partial charge in [0.2, 0.25) is 0 Å². The molecule has 36 heavy (non-hydrogen) atoms. The van der Waals surface area contributed by atoms with Crippen molar-refractivity contribution in [3.05, 3.63) is 143 Å². The minimum absolute atomic E-state index is 0.0676. The second-order valence-electron chi connectivity index (χ2n) is 9.79. The molecule has 0 spiro atoms. The Morgan fingerprint density at radius 3 is 1.64 bits per heavy atom. The van der Waals surface area contributed by atoms with Crippen LogP contribution in [0.3, 0.4) is 0 Å². The van der Waals surface area contributed by atoms with Crippen LogP contribution in [0.4, 0.5) is 0 Å². The van der Waals surface area contributed by atoms with Gasteiger partial charge in [-0.3, -0.25) is 0 Å². The molecule has 1 aliphatic rings. The van der Waals surface area contributed by atoms with Crippen molar-refractivity contribution in [2.45, 2.75) is 24.9 Å². The topological polar surface area (TPSA) is 12.5 Å². The molecule has 1 saturated heterocycles. The molecule has 3 heteroatoms. The lowest BCUT2D eigenvalue weighted by atomic mass is 9.89. The van der Waals surface area contributed by atoms with Crippen molar-refractivity contribution in [2.24, 2.45) is 5.92 Å². The van der Waals surface area contributed by atoms with Gasteiger partial charge >= 0.3 is 0 Å². The van der Waals surface area contributed by atoms with Gasteiger partial charge in [0.25, 0.3) is 0 Å². The van der Waals surface area contributed by atoms with Crippen molar-refractivity contribution in [3.63, 3.8) is 0 Å². The number of ether oxygens (including phenoxy) is 1. The minimum atomic E-state index is -0.0676. The lowest BCUT2D eigenvalue weighted by molar-refractivity contribution is 0.0306. The molecule has 1 fully saturated rings. The van der Waals surface area contributed by atoms with Gasteiger partial charge < -0.3 is 9.64 Å². The van der Waals surface area contributed by atoms with Crippen molar-refractivity contribution in [1.82, 2.24) is 4.90 Å². The number of nitrogens with zero attached hydrogens (tertiary/aromatic N) is 1. The van der Waals surface area contributed by atoms with Crippen LogP contribution in [0, 0.1) is 5.92 Å². The fourth-order valence-electron chi connectivity index (χ4n) is 5.25. The quantitative estimate of drug-likeness (QED) is 0.233. The molecule has 4 aromatic rings. The van der Waals surface area contributed by atoms with Crippen LogP contribution in [0.1, 0.15) is 47.1 Å². The molecule has 5 rings (SSSR count). The van der Waals surface area contributed by atoms with Gasteiger partial charge in [0.1, 0.15) is 6.10 Å². The predicted octanol–water partition coefficient (Wildman–Crippen LogP) is 7.99. The molecule has 0 aliphatic carbocycles. The summed E-state index contributed by atoms with van der Waals surface area (Å²) in [6.45, 7) is 4.05. The Bertz CT molecular complexity index is 1130. The zero-order valence-corrected chi connectivity index (χ0v) is 21.4. The summed E-state index contributed by atoms with van der Waals surface area (Å²) in [5.41, 5.74) is 5.12. The van der Waals surface area contributed by atoms with E-state index in [2.05, 4.69) is 108 Å². The van der Waals surface area contributed by atoms with Crippen LogP contribution in [-0.2, 0) is 4.74 Å². The molecular weight excluding hydrogens is 462 g/mol. The van der Waals surface area contributed by atoms with Gasteiger partial charge in [-0.25, -0.2) is 0 Å². The second-order valence-corrected chi connectivity index (χ2v) is 10.2. The van der Waals surface area contributed by atoms with Gasteiger partial charge in [-0.1, -0.05) is 115 Å². The third-order valence-corrected chi connectivity index (χ3v) is 7.58. The summed E-state index contributed by atoms with van der Waals surface area (Å²) in [5.74, 6) is 0.972. The standard InChI is InChI=1S/C33H34ClNO/c34-31-18-16-30(17-19-31)33(29-14-8-3-9-15-29)36-25-26-20-22-35(23-21-26)24-32(27-10-4-1-5-11-27)28-12-6-2-7-13-28/h1-19,26,32-33H,20-25H2. The van der Waals surface area contributed by atoms with Crippen molar-refractivity contribution in [2.75, 3.05) is 26.2 Å². The Kier molecular flexibility index (Phi) is 8.51. The second kappa shape index (κ2) is 12.4. The van der Waals surface area contributed by atoms with Gasteiger partial charge in [-0.2, -0.15) is 0 Å². The van der Waals surface area contributed by atoms with Crippen LogP contribution in [0.15, 0.2) is 115 Å². The SMILES string of the molecule is Clc1ccc(C(OCC2CCN(CC(c3ccccc3)c3ccccc3)CC2)c2ccccc2)cc1. The molecule has 1 aliphatic heterocycles.